The zero-order chi connectivity index (χ0) is 26.6. The summed E-state index contributed by atoms with van der Waals surface area (Å²) in [5, 5.41) is 6.03. The van der Waals surface area contributed by atoms with Crippen molar-refractivity contribution in [1.29, 1.82) is 0 Å². The summed E-state index contributed by atoms with van der Waals surface area (Å²) in [5.41, 5.74) is 3.31. The topological polar surface area (TPSA) is 120 Å². The number of Topliss-reactive ketones (excluding diaryl/α,β-unsaturated/α-hetero) is 1. The first-order chi connectivity index (χ1) is 17.9. The molecule has 2 heterocycles. The van der Waals surface area contributed by atoms with Crippen molar-refractivity contribution in [3.05, 3.63) is 58.3 Å². The van der Waals surface area contributed by atoms with Gasteiger partial charge in [-0.2, -0.15) is 0 Å². The maximum Gasteiger partial charge on any atom is 0.271 e. The number of imidazole rings is 1. The van der Waals surface area contributed by atoms with Gasteiger partial charge in [0.1, 0.15) is 16.5 Å². The van der Waals surface area contributed by atoms with Crippen molar-refractivity contribution >= 4 is 28.9 Å². The lowest BCUT2D eigenvalue weighted by Crippen LogP contribution is -2.34. The van der Waals surface area contributed by atoms with E-state index in [9.17, 15) is 14.4 Å². The van der Waals surface area contributed by atoms with E-state index < -0.39 is 6.04 Å². The van der Waals surface area contributed by atoms with Crippen LogP contribution in [0, 0.1) is 0 Å². The first-order valence-electron chi connectivity index (χ1n) is 12.7. The number of unbranched alkanes of at least 4 members (excludes halogenated alkanes) is 2. The fourth-order valence-electron chi connectivity index (χ4n) is 3.89. The monoisotopic (exact) mass is 524 g/mol. The fourth-order valence-corrected chi connectivity index (χ4v) is 4.41. The molecule has 0 saturated heterocycles. The molecular weight excluding hydrogens is 488 g/mol. The smallest absolute Gasteiger partial charge is 0.271 e. The Bertz CT molecular complexity index is 1140. The summed E-state index contributed by atoms with van der Waals surface area (Å²) in [6.07, 6.45) is 5.68. The van der Waals surface area contributed by atoms with Gasteiger partial charge in [0.25, 0.3) is 11.8 Å². The Morgan fingerprint density at radius 3 is 2.54 bits per heavy atom. The molecule has 1 atom stereocenters. The number of nitrogens with zero attached hydrogens (tertiary/aromatic N) is 3. The van der Waals surface area contributed by atoms with Gasteiger partial charge >= 0.3 is 0 Å². The molecule has 37 heavy (non-hydrogen) atoms. The quantitative estimate of drug-likeness (QED) is 0.256. The summed E-state index contributed by atoms with van der Waals surface area (Å²) in [4.78, 5) is 52.4. The number of aromatic nitrogens is 3. The number of ketones is 1. The van der Waals surface area contributed by atoms with E-state index in [0.717, 1.165) is 24.8 Å². The number of carbonyl (C=O) groups excluding carboxylic acids is 3. The molecule has 2 amide bonds. The molecule has 3 aromatic rings. The summed E-state index contributed by atoms with van der Waals surface area (Å²) in [6, 6.07) is 9.13. The van der Waals surface area contributed by atoms with Crippen molar-refractivity contribution in [2.24, 2.45) is 0 Å². The predicted octanol–water partition coefficient (Wildman–Crippen LogP) is 4.23. The fraction of sp³-hybridized carbons (Fsp3) is 0.444. The largest absolute Gasteiger partial charge is 0.349 e. The van der Waals surface area contributed by atoms with Gasteiger partial charge in [0.05, 0.1) is 23.4 Å². The van der Waals surface area contributed by atoms with E-state index >= 15 is 0 Å². The third-order valence-electron chi connectivity index (χ3n) is 5.99. The van der Waals surface area contributed by atoms with Crippen LogP contribution in [0.15, 0.2) is 42.0 Å². The number of thiazole rings is 1. The first-order valence-corrected chi connectivity index (χ1v) is 13.6. The van der Waals surface area contributed by atoms with E-state index in [1.54, 1.807) is 5.51 Å². The highest BCUT2D eigenvalue weighted by atomic mass is 32.1. The molecule has 0 aliphatic carbocycles. The molecule has 2 aromatic heterocycles. The van der Waals surface area contributed by atoms with E-state index in [2.05, 4.69) is 25.6 Å². The molecule has 0 aliphatic rings. The van der Waals surface area contributed by atoms with Crippen LogP contribution in [0.2, 0.25) is 0 Å². The Morgan fingerprint density at radius 2 is 1.86 bits per heavy atom. The Morgan fingerprint density at radius 1 is 1.08 bits per heavy atom. The molecule has 0 saturated carbocycles. The van der Waals surface area contributed by atoms with E-state index in [1.165, 1.54) is 17.5 Å². The Balaban J connectivity index is 1.87. The number of likely N-dealkylation sites (N-methyl/N-ethyl adjacent to an activating group) is 1. The van der Waals surface area contributed by atoms with Gasteiger partial charge in [-0.3, -0.25) is 19.4 Å². The van der Waals surface area contributed by atoms with E-state index in [4.69, 9.17) is 0 Å². The van der Waals surface area contributed by atoms with Crippen molar-refractivity contribution in [2.75, 3.05) is 27.2 Å². The third-order valence-corrected chi connectivity index (χ3v) is 6.76. The Labute approximate surface area is 222 Å². The van der Waals surface area contributed by atoms with Crippen molar-refractivity contribution in [3.63, 3.8) is 0 Å². The molecule has 3 N–H and O–H groups in total. The molecule has 198 valence electrons. The number of hydrogen-bond donors (Lipinski definition) is 3. The molecule has 0 bridgehead atoms. The predicted molar refractivity (Wildman–Crippen MR) is 146 cm³/mol. The molecular formula is C27H36N6O3S. The van der Waals surface area contributed by atoms with Gasteiger partial charge in [0, 0.05) is 31.5 Å². The highest BCUT2D eigenvalue weighted by Gasteiger charge is 2.26. The summed E-state index contributed by atoms with van der Waals surface area (Å²) >= 11 is 1.26. The SMILES string of the molecule is CCC(=O)CCCCCC(NC(=O)c1cncs1)c1[nH]c(-c2ccccc2)nc1C(=O)NCCN(C)C. The number of amides is 2. The summed E-state index contributed by atoms with van der Waals surface area (Å²) < 4.78 is 0. The van der Waals surface area contributed by atoms with Crippen molar-refractivity contribution in [3.8, 4) is 11.4 Å². The van der Waals surface area contributed by atoms with Crippen LogP contribution in [0.4, 0.5) is 0 Å². The minimum absolute atomic E-state index is 0.247. The minimum Gasteiger partial charge on any atom is -0.349 e. The normalized spacial score (nSPS) is 11.9. The molecule has 1 unspecified atom stereocenters. The van der Waals surface area contributed by atoms with Crippen LogP contribution < -0.4 is 10.6 Å². The average molecular weight is 525 g/mol. The zero-order valence-corrected chi connectivity index (χ0v) is 22.6. The maximum atomic E-state index is 13.2. The lowest BCUT2D eigenvalue weighted by molar-refractivity contribution is -0.118. The lowest BCUT2D eigenvalue weighted by Gasteiger charge is -2.19. The average Bonchev–Trinajstić information content (AvgIpc) is 3.59. The molecule has 3 rings (SSSR count). The van der Waals surface area contributed by atoms with Crippen LogP contribution in [0.1, 0.15) is 77.3 Å². The van der Waals surface area contributed by atoms with Gasteiger partial charge in [-0.05, 0) is 26.9 Å². The molecule has 0 radical (unpaired) electrons. The molecule has 9 nitrogen and oxygen atoms in total. The van der Waals surface area contributed by atoms with Gasteiger partial charge in [-0.15, -0.1) is 11.3 Å². The number of carbonyl (C=O) groups is 3. The number of nitrogens with one attached hydrogen (secondary N) is 3. The van der Waals surface area contributed by atoms with Gasteiger partial charge in [0.15, 0.2) is 5.69 Å². The van der Waals surface area contributed by atoms with Crippen LogP contribution in [-0.4, -0.2) is 64.6 Å². The number of benzene rings is 1. The van der Waals surface area contributed by atoms with Crippen molar-refractivity contribution in [1.82, 2.24) is 30.5 Å². The zero-order valence-electron chi connectivity index (χ0n) is 21.8. The Kier molecular flexibility index (Phi) is 11.0. The number of rotatable bonds is 15. The molecule has 0 aliphatic heterocycles. The Hall–Kier alpha value is -3.37. The second-order valence-electron chi connectivity index (χ2n) is 9.16. The molecule has 10 heteroatoms. The van der Waals surface area contributed by atoms with Crippen LogP contribution in [0.25, 0.3) is 11.4 Å². The summed E-state index contributed by atoms with van der Waals surface area (Å²) in [7, 11) is 3.89. The van der Waals surface area contributed by atoms with Crippen LogP contribution in [-0.2, 0) is 4.79 Å². The van der Waals surface area contributed by atoms with Crippen LogP contribution in [0.3, 0.4) is 0 Å². The third kappa shape index (κ3) is 8.61. The maximum absolute atomic E-state index is 13.2. The van der Waals surface area contributed by atoms with Crippen LogP contribution in [0.5, 0.6) is 0 Å². The summed E-state index contributed by atoms with van der Waals surface area (Å²) in [5.74, 6) is 0.288. The highest BCUT2D eigenvalue weighted by Crippen LogP contribution is 2.27. The van der Waals surface area contributed by atoms with E-state index in [1.807, 2.05) is 56.3 Å². The van der Waals surface area contributed by atoms with Gasteiger partial charge < -0.3 is 20.5 Å². The standard InChI is InChI=1S/C27H36N6O3S/c1-4-20(34)13-9-6-10-14-21(30-26(35)22-17-28-18-37-22)23-24(27(36)29-15-16-33(2)3)32-25(31-23)19-11-7-5-8-12-19/h5,7-8,11-12,17-18,21H,4,6,9-10,13-16H2,1-3H3,(H,29,36)(H,30,35)(H,31,32). The lowest BCUT2D eigenvalue weighted by atomic mass is 10.0. The second kappa shape index (κ2) is 14.4. The summed E-state index contributed by atoms with van der Waals surface area (Å²) in [6.45, 7) is 3.04. The van der Waals surface area contributed by atoms with E-state index in [-0.39, 0.29) is 23.3 Å². The van der Waals surface area contributed by atoms with Gasteiger partial charge in [0.2, 0.25) is 0 Å². The second-order valence-corrected chi connectivity index (χ2v) is 10.0. The van der Waals surface area contributed by atoms with Gasteiger partial charge in [-0.1, -0.05) is 50.1 Å². The van der Waals surface area contributed by atoms with Gasteiger partial charge in [-0.25, -0.2) is 4.98 Å². The number of H-pyrrole nitrogens is 1. The molecule has 0 spiro atoms. The number of hydrogen-bond acceptors (Lipinski definition) is 7. The highest BCUT2D eigenvalue weighted by molar-refractivity contribution is 7.11. The van der Waals surface area contributed by atoms with Crippen molar-refractivity contribution < 1.29 is 14.4 Å². The molecule has 1 aromatic carbocycles. The number of aromatic amines is 1. The first kappa shape index (κ1) is 28.2. The van der Waals surface area contributed by atoms with E-state index in [0.29, 0.717) is 48.7 Å². The van der Waals surface area contributed by atoms with Crippen LogP contribution >= 0.6 is 11.3 Å². The molecule has 0 fully saturated rings. The minimum atomic E-state index is -0.462. The van der Waals surface area contributed by atoms with Crippen molar-refractivity contribution in [2.45, 2.75) is 51.5 Å².